The lowest BCUT2D eigenvalue weighted by atomic mass is 10.3. The van der Waals surface area contributed by atoms with Gasteiger partial charge in [0.15, 0.2) is 0 Å². The van der Waals surface area contributed by atoms with Crippen LogP contribution in [-0.2, 0) is 0 Å². The molecule has 0 saturated carbocycles. The van der Waals surface area contributed by atoms with Crippen molar-refractivity contribution in [2.24, 2.45) is 0 Å². The lowest BCUT2D eigenvalue weighted by Gasteiger charge is -2.06. The minimum Gasteiger partial charge on any atom is -0.383 e. The highest BCUT2D eigenvalue weighted by Crippen LogP contribution is 2.28. The third-order valence-electron chi connectivity index (χ3n) is 2.01. The molecule has 16 heavy (non-hydrogen) atoms. The zero-order valence-electron chi connectivity index (χ0n) is 9.01. The van der Waals surface area contributed by atoms with E-state index >= 15 is 0 Å². The van der Waals surface area contributed by atoms with Crippen LogP contribution in [0.3, 0.4) is 0 Å². The van der Waals surface area contributed by atoms with Gasteiger partial charge in [0.2, 0.25) is 0 Å². The molecule has 0 spiro atoms. The van der Waals surface area contributed by atoms with Crippen molar-refractivity contribution in [3.05, 3.63) is 30.0 Å². The number of nitrogens with zero attached hydrogens (tertiary/aromatic N) is 4. The normalized spacial score (nSPS) is 10.4. The first-order valence-electron chi connectivity index (χ1n) is 4.71. The Kier molecular flexibility index (Phi) is 3.00. The summed E-state index contributed by atoms with van der Waals surface area (Å²) in [6, 6.07) is 1.83. The molecule has 2 rings (SSSR count). The Morgan fingerprint density at radius 1 is 1.25 bits per heavy atom. The van der Waals surface area contributed by atoms with Gasteiger partial charge in [-0.05, 0) is 31.7 Å². The van der Waals surface area contributed by atoms with Crippen molar-refractivity contribution in [1.82, 2.24) is 19.9 Å². The Balaban J connectivity index is 2.35. The van der Waals surface area contributed by atoms with Gasteiger partial charge in [-0.3, -0.25) is 0 Å². The van der Waals surface area contributed by atoms with Crippen molar-refractivity contribution in [2.45, 2.75) is 23.9 Å². The molecule has 0 atom stereocenters. The third kappa shape index (κ3) is 2.27. The van der Waals surface area contributed by atoms with E-state index in [9.17, 15) is 0 Å². The van der Waals surface area contributed by atoms with Gasteiger partial charge in [0.25, 0.3) is 0 Å². The molecule has 2 heterocycles. The second-order valence-electron chi connectivity index (χ2n) is 3.24. The van der Waals surface area contributed by atoms with E-state index in [-0.39, 0.29) is 0 Å². The second-order valence-corrected chi connectivity index (χ2v) is 4.24. The maximum absolute atomic E-state index is 5.78. The fraction of sp³-hybridized carbons (Fsp3) is 0.200. The topological polar surface area (TPSA) is 77.6 Å². The van der Waals surface area contributed by atoms with Gasteiger partial charge in [-0.1, -0.05) is 0 Å². The van der Waals surface area contributed by atoms with Crippen molar-refractivity contribution in [2.75, 3.05) is 5.73 Å². The minimum absolute atomic E-state index is 0.518. The van der Waals surface area contributed by atoms with Gasteiger partial charge in [0.05, 0.1) is 0 Å². The number of rotatable bonds is 2. The first-order valence-corrected chi connectivity index (χ1v) is 5.53. The first-order chi connectivity index (χ1) is 7.66. The molecule has 0 aliphatic heterocycles. The fourth-order valence-corrected chi connectivity index (χ4v) is 2.02. The summed E-state index contributed by atoms with van der Waals surface area (Å²) in [6.45, 7) is 3.72. The number of aryl methyl sites for hydroxylation is 1. The SMILES string of the molecule is Cc1nc(N)c(C)c(Sc2ccncn2)n1. The Bertz CT molecular complexity index is 500. The highest BCUT2D eigenvalue weighted by Gasteiger charge is 2.08. The van der Waals surface area contributed by atoms with Gasteiger partial charge in [0, 0.05) is 11.8 Å². The standard InChI is InChI=1S/C10H11N5S/c1-6-9(11)14-7(2)15-10(6)16-8-3-4-12-5-13-8/h3-5H,1-2H3,(H2,11,14,15). The van der Waals surface area contributed by atoms with Crippen molar-refractivity contribution >= 4 is 17.6 Å². The monoisotopic (exact) mass is 233 g/mol. The molecule has 0 aromatic carbocycles. The van der Waals surface area contributed by atoms with Crippen LogP contribution in [-0.4, -0.2) is 19.9 Å². The lowest BCUT2D eigenvalue weighted by molar-refractivity contribution is 0.941. The molecule has 2 aromatic rings. The Labute approximate surface area is 97.6 Å². The average Bonchev–Trinajstić information content (AvgIpc) is 2.27. The molecule has 0 saturated heterocycles. The summed E-state index contributed by atoms with van der Waals surface area (Å²) in [5, 5.41) is 1.68. The fourth-order valence-electron chi connectivity index (χ4n) is 1.16. The molecule has 82 valence electrons. The first kappa shape index (κ1) is 10.8. The van der Waals surface area contributed by atoms with Gasteiger partial charge < -0.3 is 5.73 Å². The zero-order valence-corrected chi connectivity index (χ0v) is 9.82. The second kappa shape index (κ2) is 4.44. The van der Waals surface area contributed by atoms with Crippen LogP contribution in [0.15, 0.2) is 28.6 Å². The number of nitrogens with two attached hydrogens (primary N) is 1. The van der Waals surface area contributed by atoms with Gasteiger partial charge in [-0.15, -0.1) is 0 Å². The van der Waals surface area contributed by atoms with E-state index in [2.05, 4.69) is 19.9 Å². The van der Waals surface area contributed by atoms with Crippen LogP contribution in [0.5, 0.6) is 0 Å². The lowest BCUT2D eigenvalue weighted by Crippen LogP contribution is -2.01. The molecule has 6 heteroatoms. The molecule has 2 aromatic heterocycles. The van der Waals surface area contributed by atoms with Crippen molar-refractivity contribution in [1.29, 1.82) is 0 Å². The molecule has 0 fully saturated rings. The van der Waals surface area contributed by atoms with Gasteiger partial charge in [0.1, 0.15) is 28.0 Å². The molecular weight excluding hydrogens is 222 g/mol. The Morgan fingerprint density at radius 2 is 2.06 bits per heavy atom. The van der Waals surface area contributed by atoms with E-state index < -0.39 is 0 Å². The maximum atomic E-state index is 5.78. The van der Waals surface area contributed by atoms with Crippen molar-refractivity contribution in [3.63, 3.8) is 0 Å². The van der Waals surface area contributed by atoms with Crippen LogP contribution >= 0.6 is 11.8 Å². The van der Waals surface area contributed by atoms with Gasteiger partial charge >= 0.3 is 0 Å². The highest BCUT2D eigenvalue weighted by molar-refractivity contribution is 7.99. The van der Waals surface area contributed by atoms with Crippen LogP contribution in [0.25, 0.3) is 0 Å². The average molecular weight is 233 g/mol. The molecule has 0 radical (unpaired) electrons. The van der Waals surface area contributed by atoms with E-state index in [4.69, 9.17) is 5.73 Å². The van der Waals surface area contributed by atoms with E-state index in [0.29, 0.717) is 11.6 Å². The smallest absolute Gasteiger partial charge is 0.131 e. The van der Waals surface area contributed by atoms with E-state index in [1.54, 1.807) is 6.20 Å². The van der Waals surface area contributed by atoms with Gasteiger partial charge in [-0.2, -0.15) is 0 Å². The number of hydrogen-bond acceptors (Lipinski definition) is 6. The number of hydrogen-bond donors (Lipinski definition) is 1. The number of aromatic nitrogens is 4. The molecule has 5 nitrogen and oxygen atoms in total. The summed E-state index contributed by atoms with van der Waals surface area (Å²) < 4.78 is 0. The number of anilines is 1. The van der Waals surface area contributed by atoms with Crippen molar-refractivity contribution in [3.8, 4) is 0 Å². The number of nitrogen functional groups attached to an aromatic ring is 1. The zero-order chi connectivity index (χ0) is 11.5. The van der Waals surface area contributed by atoms with Crippen LogP contribution in [0, 0.1) is 13.8 Å². The molecule has 0 amide bonds. The van der Waals surface area contributed by atoms with E-state index in [0.717, 1.165) is 15.6 Å². The summed E-state index contributed by atoms with van der Waals surface area (Å²) in [5.74, 6) is 1.18. The van der Waals surface area contributed by atoms with Gasteiger partial charge in [-0.25, -0.2) is 19.9 Å². The molecule has 0 aliphatic carbocycles. The largest absolute Gasteiger partial charge is 0.383 e. The van der Waals surface area contributed by atoms with Crippen LogP contribution < -0.4 is 5.73 Å². The highest BCUT2D eigenvalue weighted by atomic mass is 32.2. The molecule has 0 bridgehead atoms. The van der Waals surface area contributed by atoms with E-state index in [1.165, 1.54) is 18.1 Å². The maximum Gasteiger partial charge on any atom is 0.131 e. The van der Waals surface area contributed by atoms with E-state index in [1.807, 2.05) is 19.9 Å². The Hall–Kier alpha value is -1.69. The summed E-state index contributed by atoms with van der Waals surface area (Å²) in [7, 11) is 0. The van der Waals surface area contributed by atoms with Crippen LogP contribution in [0.1, 0.15) is 11.4 Å². The van der Waals surface area contributed by atoms with Crippen LogP contribution in [0.4, 0.5) is 5.82 Å². The predicted octanol–water partition coefficient (Wildman–Crippen LogP) is 1.62. The summed E-state index contributed by atoms with van der Waals surface area (Å²) in [5.41, 5.74) is 6.66. The summed E-state index contributed by atoms with van der Waals surface area (Å²) in [6.07, 6.45) is 3.21. The summed E-state index contributed by atoms with van der Waals surface area (Å²) in [4.78, 5) is 16.4. The quantitative estimate of drug-likeness (QED) is 0.794. The minimum atomic E-state index is 0.518. The molecule has 0 unspecified atom stereocenters. The predicted molar refractivity (Wildman–Crippen MR) is 62.1 cm³/mol. The Morgan fingerprint density at radius 3 is 2.75 bits per heavy atom. The van der Waals surface area contributed by atoms with Crippen LogP contribution in [0.2, 0.25) is 0 Å². The summed E-state index contributed by atoms with van der Waals surface area (Å²) >= 11 is 1.46. The molecule has 0 aliphatic rings. The molecular formula is C10H11N5S. The van der Waals surface area contributed by atoms with Crippen molar-refractivity contribution < 1.29 is 0 Å². The third-order valence-corrected chi connectivity index (χ3v) is 3.05. The molecule has 2 N–H and O–H groups in total.